The number of halogens is 3. The summed E-state index contributed by atoms with van der Waals surface area (Å²) in [6, 6.07) is 1.79. The summed E-state index contributed by atoms with van der Waals surface area (Å²) in [6.45, 7) is 1.98. The molecule has 0 saturated heterocycles. The Morgan fingerprint density at radius 2 is 2.16 bits per heavy atom. The number of aryl methyl sites for hydroxylation is 1. The molecule has 3 unspecified atom stereocenters. The molecule has 1 fully saturated rings. The van der Waals surface area contributed by atoms with Gasteiger partial charge in [0.1, 0.15) is 0 Å². The fourth-order valence-electron chi connectivity index (χ4n) is 3.02. The molecule has 1 aromatic heterocycles. The molecular weight excluding hydrogens is 273 g/mol. The molecule has 0 spiro atoms. The zero-order valence-electron chi connectivity index (χ0n) is 10.8. The molecular formula is C13H19F3N2S. The van der Waals surface area contributed by atoms with E-state index in [0.717, 1.165) is 16.9 Å². The monoisotopic (exact) mass is 292 g/mol. The molecule has 1 heterocycles. The van der Waals surface area contributed by atoms with Crippen LogP contribution in [0.5, 0.6) is 0 Å². The summed E-state index contributed by atoms with van der Waals surface area (Å²) in [4.78, 5) is 1.12. The van der Waals surface area contributed by atoms with Crippen molar-refractivity contribution < 1.29 is 13.2 Å². The van der Waals surface area contributed by atoms with Gasteiger partial charge in [-0.15, -0.1) is 11.3 Å². The third-order valence-corrected chi connectivity index (χ3v) is 4.92. The van der Waals surface area contributed by atoms with Crippen LogP contribution in [-0.4, -0.2) is 6.18 Å². The van der Waals surface area contributed by atoms with Crippen molar-refractivity contribution in [1.29, 1.82) is 0 Å². The van der Waals surface area contributed by atoms with Gasteiger partial charge in [0.15, 0.2) is 0 Å². The lowest BCUT2D eigenvalue weighted by molar-refractivity contribution is -0.186. The van der Waals surface area contributed by atoms with Crippen LogP contribution in [0.2, 0.25) is 0 Å². The van der Waals surface area contributed by atoms with Crippen LogP contribution in [0.25, 0.3) is 0 Å². The van der Waals surface area contributed by atoms with E-state index in [1.54, 1.807) is 11.3 Å². The van der Waals surface area contributed by atoms with Crippen molar-refractivity contribution in [3.05, 3.63) is 21.9 Å². The second kappa shape index (κ2) is 5.81. The number of rotatable bonds is 3. The number of nitrogens with one attached hydrogen (secondary N) is 1. The Labute approximate surface area is 115 Å². The van der Waals surface area contributed by atoms with E-state index < -0.39 is 12.1 Å². The molecule has 0 aliphatic heterocycles. The summed E-state index contributed by atoms with van der Waals surface area (Å²) in [7, 11) is 0. The zero-order valence-corrected chi connectivity index (χ0v) is 11.7. The van der Waals surface area contributed by atoms with Gasteiger partial charge in [0, 0.05) is 10.9 Å². The average molecular weight is 292 g/mol. The molecule has 19 heavy (non-hydrogen) atoms. The summed E-state index contributed by atoms with van der Waals surface area (Å²) < 4.78 is 38.6. The summed E-state index contributed by atoms with van der Waals surface area (Å²) in [6.07, 6.45) is -2.23. The molecule has 1 saturated carbocycles. The predicted molar refractivity (Wildman–Crippen MR) is 70.6 cm³/mol. The van der Waals surface area contributed by atoms with Crippen molar-refractivity contribution >= 4 is 11.3 Å². The van der Waals surface area contributed by atoms with Crippen molar-refractivity contribution in [3.63, 3.8) is 0 Å². The summed E-state index contributed by atoms with van der Waals surface area (Å²) >= 11 is 1.60. The van der Waals surface area contributed by atoms with Gasteiger partial charge in [-0.05, 0) is 49.1 Å². The molecule has 108 valence electrons. The zero-order chi connectivity index (χ0) is 14.0. The van der Waals surface area contributed by atoms with Crippen LogP contribution >= 0.6 is 11.3 Å². The van der Waals surface area contributed by atoms with E-state index in [1.807, 2.05) is 18.4 Å². The van der Waals surface area contributed by atoms with Gasteiger partial charge in [-0.3, -0.25) is 11.3 Å². The van der Waals surface area contributed by atoms with Crippen LogP contribution in [0.3, 0.4) is 0 Å². The number of hydrogen-bond acceptors (Lipinski definition) is 3. The van der Waals surface area contributed by atoms with Gasteiger partial charge in [0.2, 0.25) is 0 Å². The summed E-state index contributed by atoms with van der Waals surface area (Å²) in [5, 5.41) is 1.96. The maximum Gasteiger partial charge on any atom is 0.391 e. The molecule has 2 nitrogen and oxygen atoms in total. The molecule has 0 amide bonds. The quantitative estimate of drug-likeness (QED) is 0.654. The van der Waals surface area contributed by atoms with Crippen molar-refractivity contribution in [3.8, 4) is 0 Å². The fraction of sp³-hybridized carbons (Fsp3) is 0.692. The number of nitrogens with two attached hydrogens (primary N) is 1. The number of alkyl halides is 3. The Balaban J connectivity index is 2.13. The SMILES string of the molecule is Cc1sccc1C(NN)C1CCCC(C(F)(F)F)C1. The van der Waals surface area contributed by atoms with Gasteiger partial charge in [-0.2, -0.15) is 13.2 Å². The van der Waals surface area contributed by atoms with E-state index in [-0.39, 0.29) is 24.8 Å². The Morgan fingerprint density at radius 1 is 1.42 bits per heavy atom. The van der Waals surface area contributed by atoms with Gasteiger partial charge < -0.3 is 0 Å². The molecule has 3 N–H and O–H groups in total. The number of hydrazine groups is 1. The third-order valence-electron chi connectivity index (χ3n) is 4.06. The first-order valence-electron chi connectivity index (χ1n) is 6.50. The lowest BCUT2D eigenvalue weighted by atomic mass is 9.76. The Bertz CT molecular complexity index is 416. The lowest BCUT2D eigenvalue weighted by Gasteiger charge is -2.35. The molecule has 1 aliphatic rings. The van der Waals surface area contributed by atoms with Gasteiger partial charge in [0.25, 0.3) is 0 Å². The van der Waals surface area contributed by atoms with E-state index >= 15 is 0 Å². The highest BCUT2D eigenvalue weighted by atomic mass is 32.1. The van der Waals surface area contributed by atoms with Crippen molar-refractivity contribution in [2.45, 2.75) is 44.8 Å². The van der Waals surface area contributed by atoms with E-state index in [1.165, 1.54) is 0 Å². The van der Waals surface area contributed by atoms with Crippen molar-refractivity contribution in [2.75, 3.05) is 0 Å². The molecule has 0 bridgehead atoms. The minimum Gasteiger partial charge on any atom is -0.271 e. The third kappa shape index (κ3) is 3.30. The van der Waals surface area contributed by atoms with Gasteiger partial charge >= 0.3 is 6.18 Å². The maximum atomic E-state index is 12.9. The first-order chi connectivity index (χ1) is 8.93. The maximum absolute atomic E-state index is 12.9. The van der Waals surface area contributed by atoms with E-state index in [0.29, 0.717) is 6.42 Å². The normalized spacial score (nSPS) is 26.4. The topological polar surface area (TPSA) is 38.0 Å². The second-order valence-corrected chi connectivity index (χ2v) is 6.36. The van der Waals surface area contributed by atoms with Crippen LogP contribution in [0.1, 0.15) is 42.2 Å². The highest BCUT2D eigenvalue weighted by Crippen LogP contribution is 2.44. The van der Waals surface area contributed by atoms with E-state index in [4.69, 9.17) is 5.84 Å². The molecule has 6 heteroatoms. The van der Waals surface area contributed by atoms with Crippen molar-refractivity contribution in [1.82, 2.24) is 5.43 Å². The molecule has 1 aliphatic carbocycles. The van der Waals surface area contributed by atoms with E-state index in [9.17, 15) is 13.2 Å². The minimum absolute atomic E-state index is 0.0429. The Hall–Kier alpha value is -0.590. The standard InChI is InChI=1S/C13H19F3N2S/c1-8-11(5-6-19-8)12(18-17)9-3-2-4-10(7-9)13(14,15)16/h5-6,9-10,12,18H,2-4,7,17H2,1H3. The summed E-state index contributed by atoms with van der Waals surface area (Å²) in [5.41, 5.74) is 3.77. The van der Waals surface area contributed by atoms with Crippen LogP contribution in [0, 0.1) is 18.8 Å². The van der Waals surface area contributed by atoms with Gasteiger partial charge in [-0.25, -0.2) is 0 Å². The van der Waals surface area contributed by atoms with Crippen LogP contribution in [0.15, 0.2) is 11.4 Å². The van der Waals surface area contributed by atoms with E-state index in [2.05, 4.69) is 5.43 Å². The lowest BCUT2D eigenvalue weighted by Crippen LogP contribution is -2.38. The minimum atomic E-state index is -4.08. The average Bonchev–Trinajstić information content (AvgIpc) is 2.76. The fourth-order valence-corrected chi connectivity index (χ4v) is 3.77. The highest BCUT2D eigenvalue weighted by molar-refractivity contribution is 7.10. The van der Waals surface area contributed by atoms with Gasteiger partial charge in [-0.1, -0.05) is 6.42 Å². The number of thiophene rings is 1. The largest absolute Gasteiger partial charge is 0.391 e. The summed E-state index contributed by atoms with van der Waals surface area (Å²) in [5.74, 6) is 4.37. The first-order valence-corrected chi connectivity index (χ1v) is 7.38. The second-order valence-electron chi connectivity index (χ2n) is 5.24. The molecule has 2 rings (SSSR count). The highest BCUT2D eigenvalue weighted by Gasteiger charge is 2.43. The van der Waals surface area contributed by atoms with Crippen LogP contribution in [-0.2, 0) is 0 Å². The van der Waals surface area contributed by atoms with Crippen LogP contribution in [0.4, 0.5) is 13.2 Å². The predicted octanol–water partition coefficient (Wildman–Crippen LogP) is 3.93. The Kier molecular flexibility index (Phi) is 4.53. The molecule has 3 atom stereocenters. The molecule has 0 radical (unpaired) electrons. The smallest absolute Gasteiger partial charge is 0.271 e. The van der Waals surface area contributed by atoms with Gasteiger partial charge in [0.05, 0.1) is 5.92 Å². The van der Waals surface area contributed by atoms with Crippen molar-refractivity contribution in [2.24, 2.45) is 17.7 Å². The molecule has 1 aromatic rings. The van der Waals surface area contributed by atoms with Crippen LogP contribution < -0.4 is 11.3 Å². The Morgan fingerprint density at radius 3 is 2.68 bits per heavy atom. The first kappa shape index (κ1) is 14.8. The number of hydrogen-bond donors (Lipinski definition) is 2. The molecule has 0 aromatic carbocycles.